The van der Waals surface area contributed by atoms with Gasteiger partial charge in [0.15, 0.2) is 0 Å². The Morgan fingerprint density at radius 3 is 2.55 bits per heavy atom. The summed E-state index contributed by atoms with van der Waals surface area (Å²) in [6, 6.07) is 5.91. The second-order valence-corrected chi connectivity index (χ2v) is 6.72. The van der Waals surface area contributed by atoms with Crippen LogP contribution in [0.5, 0.6) is 0 Å². The molecule has 1 N–H and O–H groups in total. The Morgan fingerprint density at radius 1 is 1.40 bits per heavy atom. The Hall–Kier alpha value is -1.27. The summed E-state index contributed by atoms with van der Waals surface area (Å²) in [6.07, 6.45) is -1.46. The Morgan fingerprint density at radius 2 is 2.00 bits per heavy atom. The Balaban J connectivity index is 2.20. The van der Waals surface area contributed by atoms with E-state index in [1.807, 2.05) is 0 Å². The van der Waals surface area contributed by atoms with Crippen molar-refractivity contribution in [1.82, 2.24) is 4.90 Å². The zero-order chi connectivity index (χ0) is 14.9. The van der Waals surface area contributed by atoms with Crippen molar-refractivity contribution < 1.29 is 19.0 Å². The molecule has 2 atom stereocenters. The molecule has 20 heavy (non-hydrogen) atoms. The van der Waals surface area contributed by atoms with Gasteiger partial charge in [-0.1, -0.05) is 12.1 Å². The highest BCUT2D eigenvalue weighted by Gasteiger charge is 2.39. The molecular formula is C14H18FNO3S. The maximum atomic E-state index is 13.0. The van der Waals surface area contributed by atoms with E-state index in [0.717, 1.165) is 5.56 Å². The number of carbonyl (C=O) groups excluding carboxylic acids is 1. The first kappa shape index (κ1) is 15.1. The molecule has 1 aromatic carbocycles. The molecule has 1 heterocycles. The van der Waals surface area contributed by atoms with E-state index < -0.39 is 17.9 Å². The number of thioether (sulfide) groups is 1. The zero-order valence-corrected chi connectivity index (χ0v) is 12.5. The third kappa shape index (κ3) is 3.43. The van der Waals surface area contributed by atoms with E-state index in [2.05, 4.69) is 0 Å². The molecule has 0 saturated carbocycles. The number of hydrogen-bond donors (Lipinski definition) is 1. The molecule has 1 aliphatic heterocycles. The summed E-state index contributed by atoms with van der Waals surface area (Å²) in [5.41, 5.74) is 0.135. The predicted octanol–water partition coefficient (Wildman–Crippen LogP) is 3.13. The first-order valence-electron chi connectivity index (χ1n) is 6.34. The highest BCUT2D eigenvalue weighted by Crippen LogP contribution is 2.41. The van der Waals surface area contributed by atoms with Gasteiger partial charge in [-0.3, -0.25) is 4.90 Å². The van der Waals surface area contributed by atoms with Crippen molar-refractivity contribution >= 4 is 17.9 Å². The molecule has 1 amide bonds. The predicted molar refractivity (Wildman–Crippen MR) is 75.7 cm³/mol. The third-order valence-electron chi connectivity index (χ3n) is 2.74. The van der Waals surface area contributed by atoms with Gasteiger partial charge in [-0.05, 0) is 38.5 Å². The fourth-order valence-corrected chi connectivity index (χ4v) is 3.16. The molecule has 0 radical (unpaired) electrons. The maximum absolute atomic E-state index is 13.0. The number of rotatable bonds is 1. The molecule has 1 saturated heterocycles. The van der Waals surface area contributed by atoms with Crippen LogP contribution >= 0.6 is 11.8 Å². The van der Waals surface area contributed by atoms with Gasteiger partial charge in [0.2, 0.25) is 0 Å². The molecule has 0 unspecified atom stereocenters. The SMILES string of the molecule is CC(C)(C)OC(=O)N1[C@H](O)CS[C@@H]1c1ccc(F)cc1. The smallest absolute Gasteiger partial charge is 0.413 e. The Bertz CT molecular complexity index is 486. The number of ether oxygens (including phenoxy) is 1. The molecule has 1 aliphatic rings. The monoisotopic (exact) mass is 299 g/mol. The Kier molecular flexibility index (Phi) is 4.25. The number of aliphatic hydroxyl groups excluding tert-OH is 1. The summed E-state index contributed by atoms with van der Waals surface area (Å²) in [7, 11) is 0. The number of nitrogens with zero attached hydrogens (tertiary/aromatic N) is 1. The van der Waals surface area contributed by atoms with Crippen molar-refractivity contribution in [3.63, 3.8) is 0 Å². The topological polar surface area (TPSA) is 49.8 Å². The van der Waals surface area contributed by atoms with E-state index >= 15 is 0 Å². The van der Waals surface area contributed by atoms with Crippen LogP contribution in [-0.2, 0) is 4.74 Å². The van der Waals surface area contributed by atoms with Crippen LogP contribution < -0.4 is 0 Å². The van der Waals surface area contributed by atoms with Gasteiger partial charge in [-0.15, -0.1) is 11.8 Å². The lowest BCUT2D eigenvalue weighted by molar-refractivity contribution is -0.0204. The molecule has 0 spiro atoms. The molecule has 0 aliphatic carbocycles. The second-order valence-electron chi connectivity index (χ2n) is 5.61. The van der Waals surface area contributed by atoms with E-state index in [1.54, 1.807) is 32.9 Å². The van der Waals surface area contributed by atoms with Crippen molar-refractivity contribution in [2.24, 2.45) is 0 Å². The van der Waals surface area contributed by atoms with Gasteiger partial charge in [-0.2, -0.15) is 0 Å². The number of amides is 1. The number of carbonyl (C=O) groups is 1. The van der Waals surface area contributed by atoms with Crippen molar-refractivity contribution in [3.8, 4) is 0 Å². The van der Waals surface area contributed by atoms with Crippen LogP contribution in [0.3, 0.4) is 0 Å². The van der Waals surface area contributed by atoms with E-state index in [9.17, 15) is 14.3 Å². The van der Waals surface area contributed by atoms with Crippen LogP contribution in [-0.4, -0.2) is 33.7 Å². The summed E-state index contributed by atoms with van der Waals surface area (Å²) in [6.45, 7) is 5.31. The summed E-state index contributed by atoms with van der Waals surface area (Å²) in [4.78, 5) is 13.5. The molecule has 6 heteroatoms. The summed E-state index contributed by atoms with van der Waals surface area (Å²) >= 11 is 1.42. The van der Waals surface area contributed by atoms with Crippen LogP contribution in [0.4, 0.5) is 9.18 Å². The first-order chi connectivity index (χ1) is 9.28. The molecule has 1 fully saturated rings. The van der Waals surface area contributed by atoms with Crippen molar-refractivity contribution in [1.29, 1.82) is 0 Å². The minimum absolute atomic E-state index is 0.332. The van der Waals surface area contributed by atoms with E-state index in [1.165, 1.54) is 28.8 Å². The van der Waals surface area contributed by atoms with E-state index in [0.29, 0.717) is 5.75 Å². The number of benzene rings is 1. The molecule has 4 nitrogen and oxygen atoms in total. The zero-order valence-electron chi connectivity index (χ0n) is 11.7. The lowest BCUT2D eigenvalue weighted by Crippen LogP contribution is -2.41. The molecule has 110 valence electrons. The van der Waals surface area contributed by atoms with Crippen LogP contribution in [0.2, 0.25) is 0 Å². The number of halogens is 1. The third-order valence-corrected chi connectivity index (χ3v) is 4.04. The molecular weight excluding hydrogens is 281 g/mol. The number of hydrogen-bond acceptors (Lipinski definition) is 4. The average molecular weight is 299 g/mol. The first-order valence-corrected chi connectivity index (χ1v) is 7.39. The van der Waals surface area contributed by atoms with Crippen LogP contribution in [0.1, 0.15) is 31.7 Å². The number of aliphatic hydroxyl groups is 1. The quantitative estimate of drug-likeness (QED) is 0.865. The van der Waals surface area contributed by atoms with Gasteiger partial charge in [0.25, 0.3) is 0 Å². The van der Waals surface area contributed by atoms with Crippen molar-refractivity contribution in [3.05, 3.63) is 35.6 Å². The van der Waals surface area contributed by atoms with E-state index in [-0.39, 0.29) is 11.2 Å². The van der Waals surface area contributed by atoms with E-state index in [4.69, 9.17) is 4.74 Å². The molecule has 1 aromatic rings. The van der Waals surface area contributed by atoms with Crippen LogP contribution in [0.15, 0.2) is 24.3 Å². The van der Waals surface area contributed by atoms with Crippen LogP contribution in [0.25, 0.3) is 0 Å². The summed E-state index contributed by atoms with van der Waals surface area (Å²) < 4.78 is 18.3. The minimum Gasteiger partial charge on any atom is -0.444 e. The van der Waals surface area contributed by atoms with Gasteiger partial charge >= 0.3 is 6.09 Å². The fraction of sp³-hybridized carbons (Fsp3) is 0.500. The standard InChI is InChI=1S/C14H18FNO3S/c1-14(2,3)19-13(18)16-11(17)8-20-12(16)9-4-6-10(15)7-5-9/h4-7,11-12,17H,8H2,1-3H3/t11-,12-/m1/s1. The highest BCUT2D eigenvalue weighted by molar-refractivity contribution is 7.99. The lowest BCUT2D eigenvalue weighted by Gasteiger charge is -2.30. The maximum Gasteiger partial charge on any atom is 0.413 e. The average Bonchev–Trinajstić information content (AvgIpc) is 2.70. The van der Waals surface area contributed by atoms with Gasteiger partial charge in [0.1, 0.15) is 23.0 Å². The fourth-order valence-electron chi connectivity index (χ4n) is 1.91. The molecule has 2 rings (SSSR count). The van der Waals surface area contributed by atoms with Crippen molar-refractivity contribution in [2.75, 3.05) is 5.75 Å². The normalized spacial score (nSPS) is 22.9. The molecule has 0 bridgehead atoms. The lowest BCUT2D eigenvalue weighted by atomic mass is 10.2. The Labute approximate surface area is 121 Å². The van der Waals surface area contributed by atoms with Gasteiger partial charge in [-0.25, -0.2) is 9.18 Å². The van der Waals surface area contributed by atoms with Gasteiger partial charge in [0.05, 0.1) is 0 Å². The van der Waals surface area contributed by atoms with Gasteiger partial charge in [0, 0.05) is 5.75 Å². The van der Waals surface area contributed by atoms with Gasteiger partial charge < -0.3 is 9.84 Å². The largest absolute Gasteiger partial charge is 0.444 e. The second kappa shape index (κ2) is 5.61. The molecule has 0 aromatic heterocycles. The minimum atomic E-state index is -0.898. The highest BCUT2D eigenvalue weighted by atomic mass is 32.2. The van der Waals surface area contributed by atoms with Crippen molar-refractivity contribution in [2.45, 2.75) is 38.0 Å². The van der Waals surface area contributed by atoms with Crippen LogP contribution in [0, 0.1) is 5.82 Å². The summed E-state index contributed by atoms with van der Waals surface area (Å²) in [5, 5.41) is 9.61. The summed E-state index contributed by atoms with van der Waals surface area (Å²) in [5.74, 6) is 0.0718.